The van der Waals surface area contributed by atoms with E-state index >= 15 is 0 Å². The molecule has 2 amide bonds. The van der Waals surface area contributed by atoms with Crippen LogP contribution in [-0.2, 0) is 4.79 Å². The average Bonchev–Trinajstić information content (AvgIpc) is 3.26. The van der Waals surface area contributed by atoms with Gasteiger partial charge in [-0.1, -0.05) is 61.8 Å². The van der Waals surface area contributed by atoms with Gasteiger partial charge in [0.25, 0.3) is 5.91 Å². The minimum atomic E-state index is -0.219. The van der Waals surface area contributed by atoms with Gasteiger partial charge in [0, 0.05) is 29.6 Å². The third kappa shape index (κ3) is 3.12. The number of nitrogens with zero attached hydrogens (tertiary/aromatic N) is 1. The Morgan fingerprint density at radius 2 is 1.97 bits per heavy atom. The molecule has 0 unspecified atom stereocenters. The van der Waals surface area contributed by atoms with Crippen LogP contribution < -0.4 is 5.32 Å². The Hall–Kier alpha value is -2.37. The van der Waals surface area contributed by atoms with Crippen LogP contribution in [0.4, 0.5) is 0 Å². The number of benzene rings is 2. The van der Waals surface area contributed by atoms with Crippen LogP contribution in [0.3, 0.4) is 0 Å². The maximum atomic E-state index is 13.1. The van der Waals surface area contributed by atoms with Gasteiger partial charge in [0.05, 0.1) is 10.6 Å². The topological polar surface area (TPSA) is 49.4 Å². The number of halogens is 1. The van der Waals surface area contributed by atoms with Crippen LogP contribution in [0.5, 0.6) is 0 Å². The summed E-state index contributed by atoms with van der Waals surface area (Å²) in [7, 11) is 0. The Labute approximate surface area is 184 Å². The van der Waals surface area contributed by atoms with Crippen molar-refractivity contribution in [2.45, 2.75) is 38.1 Å². The lowest BCUT2D eigenvalue weighted by molar-refractivity contribution is -0.120. The van der Waals surface area contributed by atoms with Gasteiger partial charge >= 0.3 is 0 Å². The van der Waals surface area contributed by atoms with Crippen LogP contribution >= 0.6 is 22.9 Å². The number of nitrogens with one attached hydrogen (secondary N) is 1. The van der Waals surface area contributed by atoms with E-state index in [2.05, 4.69) is 55.6 Å². The molecule has 0 saturated carbocycles. The molecular formula is C24H23ClN2O2S. The SMILES string of the molecule is CC(C)c1ccccc1-c1ccc2c(Cl)c(C(=O)N3CC4(CCC(=O)N4)C3)sc2c1. The first-order valence-electron chi connectivity index (χ1n) is 10.3. The lowest BCUT2D eigenvalue weighted by Crippen LogP contribution is -2.68. The molecule has 5 rings (SSSR count). The highest BCUT2D eigenvalue weighted by atomic mass is 35.5. The summed E-state index contributed by atoms with van der Waals surface area (Å²) in [6.07, 6.45) is 1.35. The van der Waals surface area contributed by atoms with E-state index in [0.29, 0.717) is 35.3 Å². The number of hydrogen-bond acceptors (Lipinski definition) is 3. The summed E-state index contributed by atoms with van der Waals surface area (Å²) in [6.45, 7) is 5.52. The fraction of sp³-hybridized carbons (Fsp3) is 0.333. The largest absolute Gasteiger partial charge is 0.347 e. The van der Waals surface area contributed by atoms with E-state index in [4.69, 9.17) is 11.6 Å². The average molecular weight is 439 g/mol. The fourth-order valence-corrected chi connectivity index (χ4v) is 6.14. The van der Waals surface area contributed by atoms with E-state index in [9.17, 15) is 9.59 Å². The van der Waals surface area contributed by atoms with E-state index in [0.717, 1.165) is 22.1 Å². The molecule has 1 aromatic heterocycles. The second-order valence-electron chi connectivity index (χ2n) is 8.69. The van der Waals surface area contributed by atoms with Crippen molar-refractivity contribution in [3.8, 4) is 11.1 Å². The normalized spacial score (nSPS) is 17.6. The predicted molar refractivity (Wildman–Crippen MR) is 122 cm³/mol. The van der Waals surface area contributed by atoms with Crippen molar-refractivity contribution in [3.05, 3.63) is 57.9 Å². The number of amides is 2. The highest BCUT2D eigenvalue weighted by Gasteiger charge is 2.49. The number of rotatable bonds is 3. The molecule has 3 aromatic rings. The maximum absolute atomic E-state index is 13.1. The molecule has 2 fully saturated rings. The smallest absolute Gasteiger partial charge is 0.265 e. The molecule has 3 heterocycles. The molecule has 2 aromatic carbocycles. The molecule has 0 atom stereocenters. The highest BCUT2D eigenvalue weighted by Crippen LogP contribution is 2.41. The van der Waals surface area contributed by atoms with Crippen LogP contribution in [0.2, 0.25) is 5.02 Å². The number of fused-ring (bicyclic) bond motifs is 1. The van der Waals surface area contributed by atoms with Crippen molar-refractivity contribution in [1.82, 2.24) is 10.2 Å². The number of likely N-dealkylation sites (tertiary alicyclic amines) is 1. The van der Waals surface area contributed by atoms with Gasteiger partial charge in [-0.15, -0.1) is 11.3 Å². The van der Waals surface area contributed by atoms with E-state index in [-0.39, 0.29) is 17.4 Å². The zero-order valence-electron chi connectivity index (χ0n) is 17.0. The Morgan fingerprint density at radius 1 is 1.20 bits per heavy atom. The summed E-state index contributed by atoms with van der Waals surface area (Å²) in [4.78, 5) is 27.0. The summed E-state index contributed by atoms with van der Waals surface area (Å²) in [5.41, 5.74) is 3.44. The second kappa shape index (κ2) is 7.10. The van der Waals surface area contributed by atoms with Crippen LogP contribution in [0.15, 0.2) is 42.5 Å². The molecule has 4 nitrogen and oxygen atoms in total. The fourth-order valence-electron chi connectivity index (χ4n) is 4.62. The van der Waals surface area contributed by atoms with E-state index in [1.807, 2.05) is 6.07 Å². The Balaban J connectivity index is 1.45. The van der Waals surface area contributed by atoms with Crippen molar-refractivity contribution in [3.63, 3.8) is 0 Å². The summed E-state index contributed by atoms with van der Waals surface area (Å²) >= 11 is 8.08. The van der Waals surface area contributed by atoms with Gasteiger partial charge in [-0.05, 0) is 35.1 Å². The van der Waals surface area contributed by atoms with Gasteiger partial charge in [0.1, 0.15) is 4.88 Å². The maximum Gasteiger partial charge on any atom is 0.265 e. The van der Waals surface area contributed by atoms with Gasteiger partial charge in [-0.3, -0.25) is 9.59 Å². The number of carbonyl (C=O) groups is 2. The third-order valence-electron chi connectivity index (χ3n) is 6.23. The minimum absolute atomic E-state index is 0.0443. The lowest BCUT2D eigenvalue weighted by Gasteiger charge is -2.47. The molecule has 2 saturated heterocycles. The molecule has 6 heteroatoms. The van der Waals surface area contributed by atoms with Crippen molar-refractivity contribution < 1.29 is 9.59 Å². The van der Waals surface area contributed by atoms with E-state index in [1.165, 1.54) is 22.5 Å². The van der Waals surface area contributed by atoms with Gasteiger partial charge in [0.15, 0.2) is 0 Å². The van der Waals surface area contributed by atoms with Crippen molar-refractivity contribution in [1.29, 1.82) is 0 Å². The molecule has 1 N–H and O–H groups in total. The molecule has 0 radical (unpaired) electrons. The Bertz CT molecular complexity index is 1180. The lowest BCUT2D eigenvalue weighted by atomic mass is 9.88. The molecule has 1 spiro atoms. The van der Waals surface area contributed by atoms with Gasteiger partial charge in [0.2, 0.25) is 5.91 Å². The van der Waals surface area contributed by atoms with Crippen LogP contribution in [-0.4, -0.2) is 35.3 Å². The van der Waals surface area contributed by atoms with Gasteiger partial charge in [-0.25, -0.2) is 0 Å². The Kier molecular flexibility index (Phi) is 4.64. The van der Waals surface area contributed by atoms with Crippen molar-refractivity contribution in [2.75, 3.05) is 13.1 Å². The molecule has 0 aliphatic carbocycles. The van der Waals surface area contributed by atoms with Gasteiger partial charge in [-0.2, -0.15) is 0 Å². The van der Waals surface area contributed by atoms with Crippen LogP contribution in [0, 0.1) is 0 Å². The first-order chi connectivity index (χ1) is 14.4. The predicted octanol–water partition coefficient (Wildman–Crippen LogP) is 5.45. The van der Waals surface area contributed by atoms with Crippen LogP contribution in [0.25, 0.3) is 21.2 Å². The summed E-state index contributed by atoms with van der Waals surface area (Å²) in [6, 6.07) is 14.7. The molecule has 2 aliphatic rings. The number of carbonyl (C=O) groups excluding carboxylic acids is 2. The first kappa shape index (κ1) is 19.6. The summed E-state index contributed by atoms with van der Waals surface area (Å²) in [5, 5.41) is 4.47. The summed E-state index contributed by atoms with van der Waals surface area (Å²) < 4.78 is 1.02. The van der Waals surface area contributed by atoms with Crippen LogP contribution in [0.1, 0.15) is 47.8 Å². The number of hydrogen-bond donors (Lipinski definition) is 1. The zero-order chi connectivity index (χ0) is 21.0. The Morgan fingerprint density at radius 3 is 2.67 bits per heavy atom. The standard InChI is InChI=1S/C24H23ClN2O2S/c1-14(2)16-5-3-4-6-17(16)15-7-8-18-19(11-15)30-22(21(18)25)23(29)27-12-24(13-27)10-9-20(28)26-24/h3-8,11,14H,9-10,12-13H2,1-2H3,(H,26,28). The van der Waals surface area contributed by atoms with Gasteiger partial charge < -0.3 is 10.2 Å². The van der Waals surface area contributed by atoms with Crippen molar-refractivity contribution in [2.24, 2.45) is 0 Å². The van der Waals surface area contributed by atoms with E-state index in [1.54, 1.807) is 4.90 Å². The molecule has 30 heavy (non-hydrogen) atoms. The third-order valence-corrected chi connectivity index (χ3v) is 7.87. The first-order valence-corrected chi connectivity index (χ1v) is 11.5. The molecule has 2 aliphatic heterocycles. The minimum Gasteiger partial charge on any atom is -0.347 e. The quantitative estimate of drug-likeness (QED) is 0.591. The molecule has 0 bridgehead atoms. The zero-order valence-corrected chi connectivity index (χ0v) is 18.6. The molecular weight excluding hydrogens is 416 g/mol. The monoisotopic (exact) mass is 438 g/mol. The molecule has 154 valence electrons. The number of thiophene rings is 1. The van der Waals surface area contributed by atoms with E-state index < -0.39 is 0 Å². The highest BCUT2D eigenvalue weighted by molar-refractivity contribution is 7.21. The summed E-state index contributed by atoms with van der Waals surface area (Å²) in [5.74, 6) is 0.462. The second-order valence-corrected chi connectivity index (χ2v) is 10.1. The van der Waals surface area contributed by atoms with Crippen molar-refractivity contribution >= 4 is 44.8 Å².